The van der Waals surface area contributed by atoms with Gasteiger partial charge in [0.1, 0.15) is 0 Å². The van der Waals surface area contributed by atoms with Crippen molar-refractivity contribution in [2.45, 2.75) is 51.7 Å². The van der Waals surface area contributed by atoms with Crippen LogP contribution in [0, 0.1) is 0 Å². The zero-order valence-electron chi connectivity index (χ0n) is 13.3. The molecular weight excluding hydrogens is 383 g/mol. The molecule has 6 nitrogen and oxygen atoms in total. The highest BCUT2D eigenvalue weighted by Gasteiger charge is 2.15. The fourth-order valence-corrected chi connectivity index (χ4v) is 1.98. The fraction of sp³-hybridized carbons (Fsp3) is 0.857. The van der Waals surface area contributed by atoms with Crippen LogP contribution in [0.1, 0.15) is 39.5 Å². The second-order valence-electron chi connectivity index (χ2n) is 5.14. The number of aliphatic imine (C=N–C) groups is 1. The molecule has 0 saturated carbocycles. The number of rotatable bonds is 7. The smallest absolute Gasteiger partial charge is 0.221 e. The van der Waals surface area contributed by atoms with E-state index in [4.69, 9.17) is 4.74 Å². The van der Waals surface area contributed by atoms with E-state index in [-0.39, 0.29) is 42.0 Å². The average Bonchev–Trinajstić information content (AvgIpc) is 2.95. The lowest BCUT2D eigenvalue weighted by Gasteiger charge is -2.15. The Balaban J connectivity index is 0.00000400. The maximum Gasteiger partial charge on any atom is 0.221 e. The van der Waals surface area contributed by atoms with E-state index in [1.807, 2.05) is 6.92 Å². The van der Waals surface area contributed by atoms with Crippen molar-refractivity contribution < 1.29 is 9.53 Å². The van der Waals surface area contributed by atoms with Crippen molar-refractivity contribution >= 4 is 35.8 Å². The Kier molecular flexibility index (Phi) is 11.7. The number of guanidine groups is 1. The summed E-state index contributed by atoms with van der Waals surface area (Å²) in [6, 6.07) is 0.236. The summed E-state index contributed by atoms with van der Waals surface area (Å²) in [5, 5.41) is 9.30. The molecule has 1 aliphatic rings. The van der Waals surface area contributed by atoms with E-state index in [2.05, 4.69) is 27.9 Å². The van der Waals surface area contributed by atoms with E-state index in [1.54, 1.807) is 7.05 Å². The van der Waals surface area contributed by atoms with Crippen molar-refractivity contribution in [3.05, 3.63) is 0 Å². The Hall–Kier alpha value is -0.570. The molecular formula is C14H29IN4O2. The van der Waals surface area contributed by atoms with Gasteiger partial charge in [-0.15, -0.1) is 24.0 Å². The predicted octanol–water partition coefficient (Wildman–Crippen LogP) is 1.25. The van der Waals surface area contributed by atoms with E-state index in [9.17, 15) is 4.79 Å². The molecule has 0 bridgehead atoms. The van der Waals surface area contributed by atoms with E-state index >= 15 is 0 Å². The predicted molar refractivity (Wildman–Crippen MR) is 96.3 cm³/mol. The first kappa shape index (κ1) is 20.4. The van der Waals surface area contributed by atoms with Gasteiger partial charge in [0.2, 0.25) is 5.91 Å². The molecule has 0 aromatic heterocycles. The summed E-state index contributed by atoms with van der Waals surface area (Å²) in [4.78, 5) is 15.7. The number of halogens is 1. The van der Waals surface area contributed by atoms with Gasteiger partial charge in [-0.25, -0.2) is 0 Å². The first-order valence-electron chi connectivity index (χ1n) is 7.51. The van der Waals surface area contributed by atoms with Crippen molar-refractivity contribution in [3.8, 4) is 0 Å². The van der Waals surface area contributed by atoms with Crippen molar-refractivity contribution in [2.24, 2.45) is 4.99 Å². The second-order valence-corrected chi connectivity index (χ2v) is 5.14. The molecule has 7 heteroatoms. The minimum atomic E-state index is 0. The van der Waals surface area contributed by atoms with Crippen LogP contribution in [-0.2, 0) is 9.53 Å². The van der Waals surface area contributed by atoms with Gasteiger partial charge >= 0.3 is 0 Å². The Morgan fingerprint density at radius 3 is 2.76 bits per heavy atom. The van der Waals surface area contributed by atoms with Crippen LogP contribution in [0.5, 0.6) is 0 Å². The van der Waals surface area contributed by atoms with Gasteiger partial charge in [-0.05, 0) is 26.2 Å². The van der Waals surface area contributed by atoms with Gasteiger partial charge in [0.25, 0.3) is 0 Å². The molecule has 0 aliphatic carbocycles. The molecule has 1 amide bonds. The molecule has 0 radical (unpaired) electrons. The summed E-state index contributed by atoms with van der Waals surface area (Å²) >= 11 is 0. The first-order valence-corrected chi connectivity index (χ1v) is 7.51. The van der Waals surface area contributed by atoms with Crippen LogP contribution in [0.15, 0.2) is 4.99 Å². The number of carbonyl (C=O) groups is 1. The highest BCUT2D eigenvalue weighted by molar-refractivity contribution is 14.0. The van der Waals surface area contributed by atoms with Gasteiger partial charge in [0.15, 0.2) is 5.96 Å². The first-order chi connectivity index (χ1) is 9.65. The van der Waals surface area contributed by atoms with E-state index in [0.717, 1.165) is 38.4 Å². The SMILES string of the molecule is CCC(C)NC(=O)CCNC(=NC)NCC1CCCO1.I. The highest BCUT2D eigenvalue weighted by atomic mass is 127. The van der Waals surface area contributed by atoms with Crippen molar-refractivity contribution in [1.82, 2.24) is 16.0 Å². The zero-order valence-corrected chi connectivity index (χ0v) is 15.6. The third-order valence-corrected chi connectivity index (χ3v) is 3.41. The quantitative estimate of drug-likeness (QED) is 0.334. The van der Waals surface area contributed by atoms with Crippen LogP contribution >= 0.6 is 24.0 Å². The average molecular weight is 412 g/mol. The lowest BCUT2D eigenvalue weighted by Crippen LogP contribution is -2.42. The zero-order chi connectivity index (χ0) is 14.8. The molecule has 21 heavy (non-hydrogen) atoms. The molecule has 1 aliphatic heterocycles. The molecule has 2 atom stereocenters. The summed E-state index contributed by atoms with van der Waals surface area (Å²) in [5.74, 6) is 0.790. The number of nitrogens with one attached hydrogen (secondary N) is 3. The number of nitrogens with zero attached hydrogens (tertiary/aromatic N) is 1. The Morgan fingerprint density at radius 1 is 1.43 bits per heavy atom. The molecule has 0 spiro atoms. The lowest BCUT2D eigenvalue weighted by molar-refractivity contribution is -0.121. The van der Waals surface area contributed by atoms with Gasteiger partial charge in [0, 0.05) is 39.2 Å². The van der Waals surface area contributed by atoms with E-state index in [0.29, 0.717) is 13.0 Å². The van der Waals surface area contributed by atoms with Crippen LogP contribution in [0.2, 0.25) is 0 Å². The molecule has 124 valence electrons. The summed E-state index contributed by atoms with van der Waals surface area (Å²) in [6.45, 7) is 6.26. The molecule has 1 saturated heterocycles. The number of ether oxygens (including phenoxy) is 1. The number of amides is 1. The summed E-state index contributed by atoms with van der Waals surface area (Å²) in [5.41, 5.74) is 0. The molecule has 1 fully saturated rings. The second kappa shape index (κ2) is 12.0. The number of carbonyl (C=O) groups excluding carboxylic acids is 1. The van der Waals surface area contributed by atoms with Crippen LogP contribution in [-0.4, -0.2) is 50.8 Å². The monoisotopic (exact) mass is 412 g/mol. The van der Waals surface area contributed by atoms with E-state index < -0.39 is 0 Å². The van der Waals surface area contributed by atoms with Gasteiger partial charge in [-0.3, -0.25) is 9.79 Å². The molecule has 0 aromatic rings. The van der Waals surface area contributed by atoms with Gasteiger partial charge in [-0.2, -0.15) is 0 Å². The molecule has 2 unspecified atom stereocenters. The van der Waals surface area contributed by atoms with Crippen LogP contribution in [0.4, 0.5) is 0 Å². The standard InChI is InChI=1S/C14H28N4O2.HI/c1-4-11(2)18-13(19)7-8-16-14(15-3)17-10-12-6-5-9-20-12;/h11-12H,4-10H2,1-3H3,(H,18,19)(H2,15,16,17);1H. The van der Waals surface area contributed by atoms with Gasteiger partial charge < -0.3 is 20.7 Å². The Morgan fingerprint density at radius 2 is 2.19 bits per heavy atom. The number of hydrogen-bond donors (Lipinski definition) is 3. The molecule has 1 heterocycles. The van der Waals surface area contributed by atoms with Crippen LogP contribution in [0.3, 0.4) is 0 Å². The van der Waals surface area contributed by atoms with Crippen LogP contribution < -0.4 is 16.0 Å². The maximum absolute atomic E-state index is 11.6. The van der Waals surface area contributed by atoms with Crippen molar-refractivity contribution in [3.63, 3.8) is 0 Å². The summed E-state index contributed by atoms with van der Waals surface area (Å²) in [7, 11) is 1.73. The van der Waals surface area contributed by atoms with Crippen molar-refractivity contribution in [2.75, 3.05) is 26.7 Å². The minimum absolute atomic E-state index is 0. The van der Waals surface area contributed by atoms with Gasteiger partial charge in [-0.1, -0.05) is 6.92 Å². The van der Waals surface area contributed by atoms with E-state index in [1.165, 1.54) is 0 Å². The molecule has 3 N–H and O–H groups in total. The number of hydrogen-bond acceptors (Lipinski definition) is 3. The van der Waals surface area contributed by atoms with Crippen molar-refractivity contribution in [1.29, 1.82) is 0 Å². The molecule has 1 rings (SSSR count). The van der Waals surface area contributed by atoms with Gasteiger partial charge in [0.05, 0.1) is 6.10 Å². The Labute approximate surface area is 144 Å². The largest absolute Gasteiger partial charge is 0.376 e. The third kappa shape index (κ3) is 9.13. The summed E-state index contributed by atoms with van der Waals surface area (Å²) < 4.78 is 5.54. The third-order valence-electron chi connectivity index (χ3n) is 3.41. The highest BCUT2D eigenvalue weighted by Crippen LogP contribution is 2.10. The topological polar surface area (TPSA) is 74.8 Å². The minimum Gasteiger partial charge on any atom is -0.376 e. The normalized spacial score (nSPS) is 19.6. The maximum atomic E-state index is 11.6. The summed E-state index contributed by atoms with van der Waals surface area (Å²) in [6.07, 6.45) is 3.91. The molecule has 0 aromatic carbocycles. The van der Waals surface area contributed by atoms with Crippen LogP contribution in [0.25, 0.3) is 0 Å². The Bertz CT molecular complexity index is 320. The lowest BCUT2D eigenvalue weighted by atomic mass is 10.2. The fourth-order valence-electron chi connectivity index (χ4n) is 1.98.